The van der Waals surface area contributed by atoms with Crippen molar-refractivity contribution in [3.8, 4) is 0 Å². The largest absolute Gasteiger partial charge is 0.323 e. The van der Waals surface area contributed by atoms with Gasteiger partial charge in [0.15, 0.2) is 0 Å². The monoisotopic (exact) mass is 408 g/mol. The summed E-state index contributed by atoms with van der Waals surface area (Å²) in [4.78, 5) is 30.0. The molecule has 0 spiro atoms. The summed E-state index contributed by atoms with van der Waals surface area (Å²) in [5.41, 5.74) is 3.59. The predicted octanol–water partition coefficient (Wildman–Crippen LogP) is 5.61. The van der Waals surface area contributed by atoms with E-state index in [0.717, 1.165) is 29.1 Å². The third kappa shape index (κ3) is 5.42. The molecule has 6 nitrogen and oxygen atoms in total. The summed E-state index contributed by atoms with van der Waals surface area (Å²) >= 11 is 1.43. The molecule has 0 aliphatic carbocycles. The highest BCUT2D eigenvalue weighted by Gasteiger charge is 2.16. The Morgan fingerprint density at radius 2 is 1.69 bits per heavy atom. The molecule has 3 rings (SSSR count). The van der Waals surface area contributed by atoms with E-state index in [2.05, 4.69) is 27.9 Å². The molecule has 0 radical (unpaired) electrons. The van der Waals surface area contributed by atoms with Crippen LogP contribution in [0.25, 0.3) is 0 Å². The number of aryl methyl sites for hydroxylation is 3. The van der Waals surface area contributed by atoms with Gasteiger partial charge in [-0.25, -0.2) is 9.78 Å². The van der Waals surface area contributed by atoms with Crippen LogP contribution in [0.4, 0.5) is 21.9 Å². The van der Waals surface area contributed by atoms with Crippen molar-refractivity contribution < 1.29 is 9.59 Å². The van der Waals surface area contributed by atoms with E-state index in [-0.39, 0.29) is 11.9 Å². The van der Waals surface area contributed by atoms with Gasteiger partial charge in [0.2, 0.25) is 0 Å². The first kappa shape index (κ1) is 20.5. The molecule has 150 valence electrons. The number of amides is 3. The maximum atomic E-state index is 12.7. The number of thiazole rings is 1. The van der Waals surface area contributed by atoms with Gasteiger partial charge >= 0.3 is 6.03 Å². The zero-order valence-electron chi connectivity index (χ0n) is 16.7. The summed E-state index contributed by atoms with van der Waals surface area (Å²) in [5, 5.41) is 9.48. The van der Waals surface area contributed by atoms with Crippen LogP contribution >= 0.6 is 11.3 Å². The van der Waals surface area contributed by atoms with Gasteiger partial charge in [0.05, 0.1) is 10.7 Å². The van der Waals surface area contributed by atoms with Crippen molar-refractivity contribution in [2.24, 2.45) is 0 Å². The first-order chi connectivity index (χ1) is 14.0. The van der Waals surface area contributed by atoms with Crippen LogP contribution in [-0.4, -0.2) is 16.9 Å². The van der Waals surface area contributed by atoms with Crippen molar-refractivity contribution in [2.45, 2.75) is 33.6 Å². The Hall–Kier alpha value is -3.19. The third-order valence-electron chi connectivity index (χ3n) is 4.29. The van der Waals surface area contributed by atoms with E-state index in [0.29, 0.717) is 21.9 Å². The van der Waals surface area contributed by atoms with E-state index in [1.54, 1.807) is 12.1 Å². The van der Waals surface area contributed by atoms with Crippen molar-refractivity contribution in [3.05, 3.63) is 69.7 Å². The Labute approximate surface area is 174 Å². The average molecular weight is 409 g/mol. The molecule has 0 atom stereocenters. The molecule has 3 N–H and O–H groups in total. The molecule has 0 fully saturated rings. The highest BCUT2D eigenvalue weighted by atomic mass is 32.1. The van der Waals surface area contributed by atoms with Crippen molar-refractivity contribution >= 4 is 40.3 Å². The predicted molar refractivity (Wildman–Crippen MR) is 119 cm³/mol. The number of carbonyl (C=O) groups is 2. The summed E-state index contributed by atoms with van der Waals surface area (Å²) in [7, 11) is 0. The van der Waals surface area contributed by atoms with Crippen LogP contribution in [0, 0.1) is 13.8 Å². The molecule has 0 unspecified atom stereocenters. The van der Waals surface area contributed by atoms with Crippen LogP contribution in [0.1, 0.15) is 39.3 Å². The second kappa shape index (κ2) is 9.34. The SMILES string of the molecule is CCCc1nc(C)c(C(=O)Nc2cc(NC(=O)Nc3ccccc3)ccc2C)s1. The molecule has 1 heterocycles. The maximum absolute atomic E-state index is 12.7. The van der Waals surface area contributed by atoms with Crippen LogP contribution in [0.2, 0.25) is 0 Å². The molecule has 0 bridgehead atoms. The van der Waals surface area contributed by atoms with E-state index in [9.17, 15) is 9.59 Å². The van der Waals surface area contributed by atoms with Crippen LogP contribution in [0.3, 0.4) is 0 Å². The molecular weight excluding hydrogens is 384 g/mol. The van der Waals surface area contributed by atoms with Crippen LogP contribution in [0.15, 0.2) is 48.5 Å². The quantitative estimate of drug-likeness (QED) is 0.496. The Morgan fingerprint density at radius 3 is 2.41 bits per heavy atom. The lowest BCUT2D eigenvalue weighted by molar-refractivity contribution is 0.102. The van der Waals surface area contributed by atoms with Gasteiger partial charge in [-0.05, 0) is 56.5 Å². The molecule has 3 aromatic rings. The van der Waals surface area contributed by atoms with E-state index < -0.39 is 0 Å². The van der Waals surface area contributed by atoms with Crippen LogP contribution in [0.5, 0.6) is 0 Å². The molecular formula is C22H24N4O2S. The molecule has 29 heavy (non-hydrogen) atoms. The van der Waals surface area contributed by atoms with Gasteiger partial charge in [-0.2, -0.15) is 0 Å². The molecule has 0 aliphatic rings. The minimum atomic E-state index is -0.347. The van der Waals surface area contributed by atoms with Crippen molar-refractivity contribution in [2.75, 3.05) is 16.0 Å². The number of hydrogen-bond donors (Lipinski definition) is 3. The Morgan fingerprint density at radius 1 is 0.966 bits per heavy atom. The third-order valence-corrected chi connectivity index (χ3v) is 5.50. The maximum Gasteiger partial charge on any atom is 0.323 e. The number of nitrogens with one attached hydrogen (secondary N) is 3. The van der Waals surface area contributed by atoms with E-state index in [1.165, 1.54) is 11.3 Å². The fourth-order valence-corrected chi connectivity index (χ4v) is 3.87. The van der Waals surface area contributed by atoms with Crippen molar-refractivity contribution in [1.82, 2.24) is 4.98 Å². The lowest BCUT2D eigenvalue weighted by Crippen LogP contribution is -2.19. The number of aromatic nitrogens is 1. The second-order valence-corrected chi connectivity index (χ2v) is 7.78. The number of anilines is 3. The molecule has 7 heteroatoms. The zero-order valence-corrected chi connectivity index (χ0v) is 17.5. The van der Waals surface area contributed by atoms with Gasteiger partial charge in [0.25, 0.3) is 5.91 Å². The van der Waals surface area contributed by atoms with Gasteiger partial charge in [0.1, 0.15) is 4.88 Å². The minimum absolute atomic E-state index is 0.184. The molecule has 0 saturated carbocycles. The summed E-state index contributed by atoms with van der Waals surface area (Å²) in [6, 6.07) is 14.3. The highest BCUT2D eigenvalue weighted by molar-refractivity contribution is 7.13. The van der Waals surface area contributed by atoms with Gasteiger partial charge in [-0.3, -0.25) is 4.79 Å². The number of hydrogen-bond acceptors (Lipinski definition) is 4. The van der Waals surface area contributed by atoms with Gasteiger partial charge < -0.3 is 16.0 Å². The fourth-order valence-electron chi connectivity index (χ4n) is 2.81. The van der Waals surface area contributed by atoms with E-state index >= 15 is 0 Å². The Bertz CT molecular complexity index is 1010. The molecule has 0 saturated heterocycles. The smallest absolute Gasteiger partial charge is 0.321 e. The summed E-state index contributed by atoms with van der Waals surface area (Å²) in [6.45, 7) is 5.85. The summed E-state index contributed by atoms with van der Waals surface area (Å²) in [5.74, 6) is -0.184. The van der Waals surface area contributed by atoms with Crippen molar-refractivity contribution in [1.29, 1.82) is 0 Å². The van der Waals surface area contributed by atoms with Gasteiger partial charge in [-0.1, -0.05) is 31.2 Å². The Balaban J connectivity index is 1.70. The standard InChI is InChI=1S/C22H24N4O2S/c1-4-8-19-23-15(3)20(29-19)21(27)26-18-13-17(12-11-14(18)2)25-22(28)24-16-9-6-5-7-10-16/h5-7,9-13H,4,8H2,1-3H3,(H,26,27)(H2,24,25,28). The topological polar surface area (TPSA) is 83.1 Å². The second-order valence-electron chi connectivity index (χ2n) is 6.70. The minimum Gasteiger partial charge on any atom is -0.321 e. The van der Waals surface area contributed by atoms with E-state index in [4.69, 9.17) is 0 Å². The first-order valence-electron chi connectivity index (χ1n) is 9.47. The number of rotatable bonds is 6. The number of carbonyl (C=O) groups excluding carboxylic acids is 2. The Kier molecular flexibility index (Phi) is 6.61. The highest BCUT2D eigenvalue weighted by Crippen LogP contribution is 2.24. The lowest BCUT2D eigenvalue weighted by atomic mass is 10.1. The van der Waals surface area contributed by atoms with Crippen molar-refractivity contribution in [3.63, 3.8) is 0 Å². The zero-order chi connectivity index (χ0) is 20.8. The fraction of sp³-hybridized carbons (Fsp3) is 0.227. The average Bonchev–Trinajstić information content (AvgIpc) is 3.06. The van der Waals surface area contributed by atoms with E-state index in [1.807, 2.05) is 50.2 Å². The molecule has 2 aromatic carbocycles. The number of benzene rings is 2. The summed E-state index contributed by atoms with van der Waals surface area (Å²) < 4.78 is 0. The van der Waals surface area contributed by atoms with Crippen LogP contribution in [-0.2, 0) is 6.42 Å². The summed E-state index contributed by atoms with van der Waals surface area (Å²) in [6.07, 6.45) is 1.86. The lowest BCUT2D eigenvalue weighted by Gasteiger charge is -2.12. The molecule has 3 amide bonds. The first-order valence-corrected chi connectivity index (χ1v) is 10.3. The molecule has 1 aromatic heterocycles. The van der Waals surface area contributed by atoms with Gasteiger partial charge in [0, 0.05) is 17.1 Å². The van der Waals surface area contributed by atoms with Gasteiger partial charge in [-0.15, -0.1) is 11.3 Å². The van der Waals surface area contributed by atoms with Crippen LogP contribution < -0.4 is 16.0 Å². The number of urea groups is 1. The normalized spacial score (nSPS) is 10.4. The number of nitrogens with zero attached hydrogens (tertiary/aromatic N) is 1. The number of para-hydroxylation sites is 1. The molecule has 0 aliphatic heterocycles.